The Balaban J connectivity index is 1.49. The molecule has 0 bridgehead atoms. The molecule has 1 aliphatic heterocycles. The monoisotopic (exact) mass is 361 g/mol. The molecule has 138 valence electrons. The molecule has 0 aliphatic carbocycles. The van der Waals surface area contributed by atoms with Crippen LogP contribution in [0.3, 0.4) is 0 Å². The molecule has 1 saturated heterocycles. The minimum atomic E-state index is -0.144. The molecule has 5 heteroatoms. The number of aromatic nitrogens is 1. The molecule has 0 saturated carbocycles. The Bertz CT molecular complexity index is 908. The molecule has 1 N–H and O–H groups in total. The van der Waals surface area contributed by atoms with Crippen LogP contribution in [0.1, 0.15) is 22.1 Å². The number of ether oxygens (including phenoxy) is 1. The molecule has 4 rings (SSSR count). The van der Waals surface area contributed by atoms with Gasteiger partial charge in [0.25, 0.3) is 5.91 Å². The standard InChI is InChI=1S/C22H23N3O2/c26-22(20-11-10-17-6-4-5-9-19(17)24-20)23-16-21(18-7-2-1-3-8-18)25-12-14-27-15-13-25/h1-11,21H,12-16H2,(H,23,26)/t21-/m1/s1. The summed E-state index contributed by atoms with van der Waals surface area (Å²) in [6.45, 7) is 3.72. The van der Waals surface area contributed by atoms with E-state index in [9.17, 15) is 4.79 Å². The summed E-state index contributed by atoms with van der Waals surface area (Å²) < 4.78 is 5.48. The van der Waals surface area contributed by atoms with Crippen LogP contribution in [0.25, 0.3) is 10.9 Å². The van der Waals surface area contributed by atoms with Crippen LogP contribution in [-0.4, -0.2) is 48.6 Å². The number of carbonyl (C=O) groups is 1. The minimum absolute atomic E-state index is 0.125. The van der Waals surface area contributed by atoms with Crippen molar-refractivity contribution >= 4 is 16.8 Å². The van der Waals surface area contributed by atoms with Crippen molar-refractivity contribution in [3.05, 3.63) is 78.0 Å². The maximum absolute atomic E-state index is 12.7. The fourth-order valence-corrected chi connectivity index (χ4v) is 3.49. The Hall–Kier alpha value is -2.76. The second-order valence-electron chi connectivity index (χ2n) is 6.67. The number of pyridine rings is 1. The van der Waals surface area contributed by atoms with Gasteiger partial charge < -0.3 is 10.1 Å². The van der Waals surface area contributed by atoms with E-state index in [0.717, 1.165) is 37.2 Å². The van der Waals surface area contributed by atoms with Crippen molar-refractivity contribution in [1.82, 2.24) is 15.2 Å². The molecule has 1 aromatic heterocycles. The molecule has 3 aromatic rings. The summed E-state index contributed by atoms with van der Waals surface area (Å²) in [5, 5.41) is 4.11. The molecular formula is C22H23N3O2. The zero-order chi connectivity index (χ0) is 18.5. The fourth-order valence-electron chi connectivity index (χ4n) is 3.49. The molecule has 1 amide bonds. The predicted molar refractivity (Wildman–Crippen MR) is 106 cm³/mol. The number of hydrogen-bond acceptors (Lipinski definition) is 4. The van der Waals surface area contributed by atoms with E-state index in [1.165, 1.54) is 5.56 Å². The van der Waals surface area contributed by atoms with Crippen LogP contribution in [0, 0.1) is 0 Å². The van der Waals surface area contributed by atoms with Crippen LogP contribution < -0.4 is 5.32 Å². The largest absolute Gasteiger partial charge is 0.379 e. The molecule has 1 fully saturated rings. The van der Waals surface area contributed by atoms with Crippen LogP contribution in [0.4, 0.5) is 0 Å². The molecule has 0 radical (unpaired) electrons. The lowest BCUT2D eigenvalue weighted by Crippen LogP contribution is -2.43. The van der Waals surface area contributed by atoms with Crippen molar-refractivity contribution < 1.29 is 9.53 Å². The van der Waals surface area contributed by atoms with E-state index in [1.807, 2.05) is 48.5 Å². The normalized spacial score (nSPS) is 16.1. The van der Waals surface area contributed by atoms with Crippen LogP contribution in [0.2, 0.25) is 0 Å². The molecule has 1 aliphatic rings. The predicted octanol–water partition coefficient (Wildman–Crippen LogP) is 3.04. The third-order valence-corrected chi connectivity index (χ3v) is 4.96. The molecule has 5 nitrogen and oxygen atoms in total. The van der Waals surface area contributed by atoms with Gasteiger partial charge >= 0.3 is 0 Å². The summed E-state index contributed by atoms with van der Waals surface area (Å²) in [6, 6.07) is 22.0. The second-order valence-corrected chi connectivity index (χ2v) is 6.67. The van der Waals surface area contributed by atoms with Gasteiger partial charge in [0.2, 0.25) is 0 Å². The number of nitrogens with one attached hydrogen (secondary N) is 1. The van der Waals surface area contributed by atoms with E-state index in [0.29, 0.717) is 12.2 Å². The molecule has 1 atom stereocenters. The van der Waals surface area contributed by atoms with Gasteiger partial charge in [0.05, 0.1) is 24.8 Å². The van der Waals surface area contributed by atoms with Gasteiger partial charge in [-0.05, 0) is 17.7 Å². The number of carbonyl (C=O) groups excluding carboxylic acids is 1. The summed E-state index contributed by atoms with van der Waals surface area (Å²) in [5.74, 6) is -0.144. The summed E-state index contributed by atoms with van der Waals surface area (Å²) >= 11 is 0. The summed E-state index contributed by atoms with van der Waals surface area (Å²) in [7, 11) is 0. The quantitative estimate of drug-likeness (QED) is 0.759. The first kappa shape index (κ1) is 17.6. The Morgan fingerprint density at radius 2 is 1.74 bits per heavy atom. The van der Waals surface area contributed by atoms with E-state index in [2.05, 4.69) is 27.3 Å². The van der Waals surface area contributed by atoms with Crippen molar-refractivity contribution in [1.29, 1.82) is 0 Å². The van der Waals surface area contributed by atoms with Gasteiger partial charge in [-0.25, -0.2) is 4.98 Å². The molecule has 0 spiro atoms. The molecule has 27 heavy (non-hydrogen) atoms. The molecule has 2 heterocycles. The number of fused-ring (bicyclic) bond motifs is 1. The lowest BCUT2D eigenvalue weighted by atomic mass is 10.0. The smallest absolute Gasteiger partial charge is 0.269 e. The second kappa shape index (κ2) is 8.29. The Kier molecular flexibility index (Phi) is 5.42. The third-order valence-electron chi connectivity index (χ3n) is 4.96. The lowest BCUT2D eigenvalue weighted by Gasteiger charge is -2.34. The number of hydrogen-bond donors (Lipinski definition) is 1. The number of benzene rings is 2. The summed E-state index contributed by atoms with van der Waals surface area (Å²) in [4.78, 5) is 19.6. The Morgan fingerprint density at radius 1 is 1.00 bits per heavy atom. The molecular weight excluding hydrogens is 338 g/mol. The van der Waals surface area contributed by atoms with Crippen LogP contribution >= 0.6 is 0 Å². The maximum Gasteiger partial charge on any atom is 0.269 e. The van der Waals surface area contributed by atoms with Crippen molar-refractivity contribution in [3.63, 3.8) is 0 Å². The maximum atomic E-state index is 12.7. The summed E-state index contributed by atoms with van der Waals surface area (Å²) in [5.41, 5.74) is 2.48. The van der Waals surface area contributed by atoms with Gasteiger partial charge in [-0.2, -0.15) is 0 Å². The zero-order valence-corrected chi connectivity index (χ0v) is 15.2. The summed E-state index contributed by atoms with van der Waals surface area (Å²) in [6.07, 6.45) is 0. The number of amides is 1. The Labute approximate surface area is 159 Å². The highest BCUT2D eigenvalue weighted by Gasteiger charge is 2.23. The first-order valence-electron chi connectivity index (χ1n) is 9.32. The van der Waals surface area contributed by atoms with Crippen molar-refractivity contribution in [2.45, 2.75) is 6.04 Å². The van der Waals surface area contributed by atoms with E-state index < -0.39 is 0 Å². The average Bonchev–Trinajstić information content (AvgIpc) is 2.75. The van der Waals surface area contributed by atoms with E-state index in [4.69, 9.17) is 4.74 Å². The average molecular weight is 361 g/mol. The molecule has 0 unspecified atom stereocenters. The number of rotatable bonds is 5. The van der Waals surface area contributed by atoms with Crippen molar-refractivity contribution in [2.75, 3.05) is 32.8 Å². The topological polar surface area (TPSA) is 54.5 Å². The van der Waals surface area contributed by atoms with E-state index >= 15 is 0 Å². The van der Waals surface area contributed by atoms with E-state index in [1.54, 1.807) is 6.07 Å². The lowest BCUT2D eigenvalue weighted by molar-refractivity contribution is 0.0162. The van der Waals surface area contributed by atoms with E-state index in [-0.39, 0.29) is 11.9 Å². The van der Waals surface area contributed by atoms with Gasteiger partial charge in [-0.1, -0.05) is 54.6 Å². The van der Waals surface area contributed by atoms with Gasteiger partial charge in [0.1, 0.15) is 5.69 Å². The van der Waals surface area contributed by atoms with Gasteiger partial charge in [-0.15, -0.1) is 0 Å². The van der Waals surface area contributed by atoms with Gasteiger partial charge in [0, 0.05) is 25.0 Å². The zero-order valence-electron chi connectivity index (χ0n) is 15.2. The first-order valence-corrected chi connectivity index (χ1v) is 9.32. The first-order chi connectivity index (χ1) is 13.3. The number of morpholine rings is 1. The Morgan fingerprint density at radius 3 is 2.56 bits per heavy atom. The number of para-hydroxylation sites is 1. The van der Waals surface area contributed by atoms with Crippen LogP contribution in [-0.2, 0) is 4.74 Å². The third kappa shape index (κ3) is 4.15. The SMILES string of the molecule is O=C(NC[C@H](c1ccccc1)N1CCOCC1)c1ccc2ccccc2n1. The fraction of sp³-hybridized carbons (Fsp3) is 0.273. The minimum Gasteiger partial charge on any atom is -0.379 e. The highest BCUT2D eigenvalue weighted by atomic mass is 16.5. The van der Waals surface area contributed by atoms with Crippen molar-refractivity contribution in [2.24, 2.45) is 0 Å². The van der Waals surface area contributed by atoms with Gasteiger partial charge in [-0.3, -0.25) is 9.69 Å². The highest BCUT2D eigenvalue weighted by molar-refractivity contribution is 5.94. The number of nitrogens with zero attached hydrogens (tertiary/aromatic N) is 2. The van der Waals surface area contributed by atoms with Crippen LogP contribution in [0.5, 0.6) is 0 Å². The van der Waals surface area contributed by atoms with Crippen molar-refractivity contribution in [3.8, 4) is 0 Å². The highest BCUT2D eigenvalue weighted by Crippen LogP contribution is 2.21. The molecule has 2 aromatic carbocycles. The van der Waals surface area contributed by atoms with Gasteiger partial charge in [0.15, 0.2) is 0 Å². The van der Waals surface area contributed by atoms with Crippen LogP contribution in [0.15, 0.2) is 66.7 Å².